The van der Waals surface area contributed by atoms with Crippen molar-refractivity contribution in [2.24, 2.45) is 5.41 Å². The predicted octanol–water partition coefficient (Wildman–Crippen LogP) is 2.11. The van der Waals surface area contributed by atoms with Gasteiger partial charge in [0.1, 0.15) is 5.82 Å². The lowest BCUT2D eigenvalue weighted by Crippen LogP contribution is -2.43. The molecule has 1 amide bonds. The molecule has 0 aliphatic carbocycles. The molecule has 2 fully saturated rings. The lowest BCUT2D eigenvalue weighted by atomic mass is 9.76. The topological polar surface area (TPSA) is 53.4 Å². The number of amides is 1. The molecule has 2 aliphatic heterocycles. The monoisotopic (exact) mass is 361 g/mol. The maximum absolute atomic E-state index is 13.0. The molecule has 6 heteroatoms. The molecule has 1 aromatic heterocycles. The molecule has 1 spiro atoms. The molecule has 6 nitrogen and oxygen atoms in total. The number of likely N-dealkylation sites (tertiary alicyclic amines) is 2. The highest BCUT2D eigenvalue weighted by Gasteiger charge is 2.47. The number of nitrogens with one attached hydrogen (secondary N) is 1. The van der Waals surface area contributed by atoms with Gasteiger partial charge in [0, 0.05) is 25.5 Å². The van der Waals surface area contributed by atoms with E-state index in [-0.39, 0.29) is 11.9 Å². The van der Waals surface area contributed by atoms with Crippen molar-refractivity contribution in [3.05, 3.63) is 18.2 Å². The van der Waals surface area contributed by atoms with Gasteiger partial charge in [-0.1, -0.05) is 13.8 Å². The number of nitrogens with zero attached hydrogens (tertiary/aromatic N) is 4. The second kappa shape index (κ2) is 8.53. The Morgan fingerprint density at radius 3 is 2.69 bits per heavy atom. The van der Waals surface area contributed by atoms with Crippen molar-refractivity contribution in [2.45, 2.75) is 65.1 Å². The number of carbonyl (C=O) groups is 1. The SMILES string of the molecule is CCCN1CC2(CCN(C)CC2)C[C@H]1C(=O)NCc1nccn1CCC. The molecule has 2 saturated heterocycles. The van der Waals surface area contributed by atoms with E-state index in [4.69, 9.17) is 0 Å². The van der Waals surface area contributed by atoms with Gasteiger partial charge in [-0.15, -0.1) is 0 Å². The Balaban J connectivity index is 1.62. The van der Waals surface area contributed by atoms with Crippen molar-refractivity contribution in [3.63, 3.8) is 0 Å². The van der Waals surface area contributed by atoms with E-state index in [1.165, 1.54) is 12.8 Å². The second-order valence-electron chi connectivity index (χ2n) is 8.25. The third-order valence-corrected chi connectivity index (χ3v) is 6.15. The van der Waals surface area contributed by atoms with Gasteiger partial charge in [0.15, 0.2) is 0 Å². The molecule has 0 unspecified atom stereocenters. The standard InChI is InChI=1S/C20H35N5O/c1-4-9-24-13-8-21-18(24)15-22-19(26)17-14-20(16-25(17)10-5-2)6-11-23(3)12-7-20/h8,13,17H,4-7,9-12,14-16H2,1-3H3,(H,22,26)/t17-/m0/s1. The lowest BCUT2D eigenvalue weighted by molar-refractivity contribution is -0.125. The van der Waals surface area contributed by atoms with Crippen LogP contribution in [0.15, 0.2) is 12.4 Å². The zero-order valence-corrected chi connectivity index (χ0v) is 16.7. The van der Waals surface area contributed by atoms with Gasteiger partial charge in [-0.2, -0.15) is 0 Å². The molecule has 1 atom stereocenters. The highest BCUT2D eigenvalue weighted by molar-refractivity contribution is 5.82. The average Bonchev–Trinajstić information content (AvgIpc) is 3.22. The van der Waals surface area contributed by atoms with Gasteiger partial charge in [-0.25, -0.2) is 4.98 Å². The molecular weight excluding hydrogens is 326 g/mol. The first-order valence-corrected chi connectivity index (χ1v) is 10.3. The summed E-state index contributed by atoms with van der Waals surface area (Å²) in [6.45, 7) is 10.2. The summed E-state index contributed by atoms with van der Waals surface area (Å²) in [5.74, 6) is 1.13. The summed E-state index contributed by atoms with van der Waals surface area (Å²) in [6.07, 6.45) is 9.43. The molecule has 0 saturated carbocycles. The maximum atomic E-state index is 13.0. The minimum Gasteiger partial charge on any atom is -0.348 e. The summed E-state index contributed by atoms with van der Waals surface area (Å²) in [5.41, 5.74) is 0.338. The summed E-state index contributed by atoms with van der Waals surface area (Å²) in [6, 6.07) is 0.0212. The summed E-state index contributed by atoms with van der Waals surface area (Å²) in [5, 5.41) is 3.17. The lowest BCUT2D eigenvalue weighted by Gasteiger charge is -2.37. The molecule has 1 N–H and O–H groups in total. The number of hydrogen-bond acceptors (Lipinski definition) is 4. The molecule has 3 rings (SSSR count). The van der Waals surface area contributed by atoms with Crippen molar-refractivity contribution < 1.29 is 4.79 Å². The maximum Gasteiger partial charge on any atom is 0.237 e. The van der Waals surface area contributed by atoms with Crippen LogP contribution in [0.5, 0.6) is 0 Å². The van der Waals surface area contributed by atoms with Crippen LogP contribution in [0, 0.1) is 5.41 Å². The van der Waals surface area contributed by atoms with E-state index < -0.39 is 0 Å². The molecular formula is C20H35N5O. The third-order valence-electron chi connectivity index (χ3n) is 6.15. The smallest absolute Gasteiger partial charge is 0.237 e. The highest BCUT2D eigenvalue weighted by atomic mass is 16.2. The summed E-state index contributed by atoms with van der Waals surface area (Å²) in [7, 11) is 2.20. The first kappa shape index (κ1) is 19.4. The Morgan fingerprint density at radius 1 is 1.27 bits per heavy atom. The van der Waals surface area contributed by atoms with Gasteiger partial charge < -0.3 is 14.8 Å². The molecule has 3 heterocycles. The van der Waals surface area contributed by atoms with E-state index in [0.717, 1.165) is 57.8 Å². The van der Waals surface area contributed by atoms with Gasteiger partial charge in [0.05, 0.1) is 12.6 Å². The Morgan fingerprint density at radius 2 is 2.00 bits per heavy atom. The van der Waals surface area contributed by atoms with Crippen molar-refractivity contribution in [1.82, 2.24) is 24.7 Å². The predicted molar refractivity (Wildman–Crippen MR) is 104 cm³/mol. The van der Waals surface area contributed by atoms with E-state index >= 15 is 0 Å². The first-order valence-electron chi connectivity index (χ1n) is 10.3. The van der Waals surface area contributed by atoms with Gasteiger partial charge in [-0.3, -0.25) is 9.69 Å². The molecule has 1 aromatic rings. The Hall–Kier alpha value is -1.40. The van der Waals surface area contributed by atoms with Gasteiger partial charge >= 0.3 is 0 Å². The van der Waals surface area contributed by atoms with Crippen LogP contribution < -0.4 is 5.32 Å². The number of imidazole rings is 1. The first-order chi connectivity index (χ1) is 12.6. The van der Waals surface area contributed by atoms with Crippen molar-refractivity contribution in [3.8, 4) is 0 Å². The fourth-order valence-electron chi connectivity index (χ4n) is 4.62. The number of aryl methyl sites for hydroxylation is 1. The molecule has 2 aliphatic rings. The van der Waals surface area contributed by atoms with Crippen molar-refractivity contribution in [2.75, 3.05) is 33.2 Å². The summed E-state index contributed by atoms with van der Waals surface area (Å²) < 4.78 is 2.14. The number of aromatic nitrogens is 2. The van der Waals surface area contributed by atoms with E-state index in [1.807, 2.05) is 12.4 Å². The van der Waals surface area contributed by atoms with Gasteiger partial charge in [0.25, 0.3) is 0 Å². The number of carbonyl (C=O) groups excluding carboxylic acids is 1. The molecule has 146 valence electrons. The van der Waals surface area contributed by atoms with Crippen molar-refractivity contribution >= 4 is 5.91 Å². The minimum atomic E-state index is 0.0212. The van der Waals surface area contributed by atoms with Crippen LogP contribution >= 0.6 is 0 Å². The number of hydrogen-bond donors (Lipinski definition) is 1. The van der Waals surface area contributed by atoms with Crippen LogP contribution in [0.2, 0.25) is 0 Å². The normalized spacial score (nSPS) is 23.6. The molecule has 0 radical (unpaired) electrons. The van der Waals surface area contributed by atoms with Crippen LogP contribution in [-0.4, -0.2) is 64.5 Å². The fraction of sp³-hybridized carbons (Fsp3) is 0.800. The zero-order valence-electron chi connectivity index (χ0n) is 16.7. The quantitative estimate of drug-likeness (QED) is 0.808. The van der Waals surface area contributed by atoms with E-state index in [2.05, 4.69) is 45.6 Å². The Bertz CT molecular complexity index is 591. The number of piperidine rings is 1. The van der Waals surface area contributed by atoms with Gasteiger partial charge in [-0.05, 0) is 64.2 Å². The van der Waals surface area contributed by atoms with Crippen LogP contribution in [0.25, 0.3) is 0 Å². The Labute approximate surface area is 157 Å². The van der Waals surface area contributed by atoms with E-state index in [0.29, 0.717) is 12.0 Å². The minimum absolute atomic E-state index is 0.0212. The van der Waals surface area contributed by atoms with Crippen molar-refractivity contribution in [1.29, 1.82) is 0 Å². The summed E-state index contributed by atoms with van der Waals surface area (Å²) in [4.78, 5) is 22.2. The summed E-state index contributed by atoms with van der Waals surface area (Å²) >= 11 is 0. The highest BCUT2D eigenvalue weighted by Crippen LogP contribution is 2.43. The molecule has 0 bridgehead atoms. The Kier molecular flexibility index (Phi) is 6.35. The van der Waals surface area contributed by atoms with E-state index in [1.54, 1.807) is 0 Å². The average molecular weight is 362 g/mol. The third kappa shape index (κ3) is 4.29. The van der Waals surface area contributed by atoms with Gasteiger partial charge in [0.2, 0.25) is 5.91 Å². The zero-order chi connectivity index (χ0) is 18.6. The van der Waals surface area contributed by atoms with Crippen LogP contribution in [0.3, 0.4) is 0 Å². The van der Waals surface area contributed by atoms with Crippen LogP contribution in [-0.2, 0) is 17.9 Å². The second-order valence-corrected chi connectivity index (χ2v) is 8.25. The largest absolute Gasteiger partial charge is 0.348 e. The number of rotatable bonds is 7. The fourth-order valence-corrected chi connectivity index (χ4v) is 4.62. The van der Waals surface area contributed by atoms with E-state index in [9.17, 15) is 4.79 Å². The molecule has 26 heavy (non-hydrogen) atoms. The van der Waals surface area contributed by atoms with Crippen LogP contribution in [0.1, 0.15) is 51.8 Å². The molecule has 0 aromatic carbocycles. The van der Waals surface area contributed by atoms with Crippen LogP contribution in [0.4, 0.5) is 0 Å².